The van der Waals surface area contributed by atoms with Gasteiger partial charge in [0.05, 0.1) is 16.5 Å². The number of hydrogen-bond donors (Lipinski definition) is 2. The molecule has 0 aliphatic heterocycles. The van der Waals surface area contributed by atoms with Gasteiger partial charge in [0.2, 0.25) is 0 Å². The van der Waals surface area contributed by atoms with Crippen LogP contribution in [0.5, 0.6) is 0 Å². The molecule has 0 fully saturated rings. The number of benzene rings is 2. The van der Waals surface area contributed by atoms with Crippen LogP contribution in [0.4, 0.5) is 5.69 Å². The number of nitroso groups, excluding NO2 is 1. The molecule has 0 aromatic heterocycles. The van der Waals surface area contributed by atoms with Crippen molar-refractivity contribution in [2.45, 2.75) is 0 Å². The molecule has 0 atom stereocenters. The highest BCUT2D eigenvalue weighted by atomic mass is 16.4. The van der Waals surface area contributed by atoms with Crippen LogP contribution in [-0.4, -0.2) is 11.1 Å². The molecular weight excluding hydrogens is 232 g/mol. The molecule has 5 nitrogen and oxygen atoms in total. The SMILES string of the molecule is O=NNc1cccc(C(=O)O)c1-c1ccccc1. The summed E-state index contributed by atoms with van der Waals surface area (Å²) in [6, 6.07) is 13.6. The summed E-state index contributed by atoms with van der Waals surface area (Å²) < 4.78 is 0. The Labute approximate surface area is 103 Å². The average molecular weight is 242 g/mol. The lowest BCUT2D eigenvalue weighted by Gasteiger charge is -2.10. The van der Waals surface area contributed by atoms with Crippen LogP contribution in [0, 0.1) is 4.91 Å². The molecule has 2 aromatic carbocycles. The maximum atomic E-state index is 11.2. The molecule has 18 heavy (non-hydrogen) atoms. The number of aromatic carboxylic acids is 1. The first-order chi connectivity index (χ1) is 8.74. The number of carboxylic acids is 1. The molecule has 0 saturated heterocycles. The third kappa shape index (κ3) is 2.20. The van der Waals surface area contributed by atoms with Crippen molar-refractivity contribution in [1.82, 2.24) is 0 Å². The molecule has 0 saturated carbocycles. The molecule has 0 bridgehead atoms. The summed E-state index contributed by atoms with van der Waals surface area (Å²) in [6.45, 7) is 0. The predicted octanol–water partition coefficient (Wildman–Crippen LogP) is 3.15. The van der Waals surface area contributed by atoms with E-state index in [9.17, 15) is 14.8 Å². The van der Waals surface area contributed by atoms with Gasteiger partial charge >= 0.3 is 5.97 Å². The zero-order valence-electron chi connectivity index (χ0n) is 9.33. The monoisotopic (exact) mass is 242 g/mol. The standard InChI is InChI=1S/C13H10N2O3/c16-13(17)10-7-4-8-11(14-15-18)12(10)9-5-2-1-3-6-9/h1-8H,(H,14,18)(H,16,17). The topological polar surface area (TPSA) is 78.8 Å². The van der Waals surface area contributed by atoms with Crippen molar-refractivity contribution in [2.75, 3.05) is 5.43 Å². The van der Waals surface area contributed by atoms with E-state index in [-0.39, 0.29) is 5.56 Å². The summed E-state index contributed by atoms with van der Waals surface area (Å²) in [4.78, 5) is 21.5. The van der Waals surface area contributed by atoms with Gasteiger partial charge in [-0.15, -0.1) is 4.91 Å². The fourth-order valence-electron chi connectivity index (χ4n) is 1.79. The minimum Gasteiger partial charge on any atom is -0.478 e. The van der Waals surface area contributed by atoms with E-state index < -0.39 is 5.97 Å². The molecule has 2 rings (SSSR count). The Morgan fingerprint density at radius 3 is 2.39 bits per heavy atom. The Kier molecular flexibility index (Phi) is 3.33. The predicted molar refractivity (Wildman–Crippen MR) is 68.3 cm³/mol. The third-order valence-corrected chi connectivity index (χ3v) is 2.52. The van der Waals surface area contributed by atoms with Crippen molar-refractivity contribution >= 4 is 11.7 Å². The minimum absolute atomic E-state index is 0.120. The van der Waals surface area contributed by atoms with Crippen LogP contribution in [0.1, 0.15) is 10.4 Å². The Morgan fingerprint density at radius 2 is 1.78 bits per heavy atom. The molecule has 0 aliphatic rings. The lowest BCUT2D eigenvalue weighted by molar-refractivity contribution is 0.0698. The number of hydrogen-bond acceptors (Lipinski definition) is 3. The zero-order chi connectivity index (χ0) is 13.0. The summed E-state index contributed by atoms with van der Waals surface area (Å²) >= 11 is 0. The molecule has 90 valence electrons. The molecule has 0 heterocycles. The van der Waals surface area contributed by atoms with Gasteiger partial charge in [-0.25, -0.2) is 10.2 Å². The van der Waals surface area contributed by atoms with Crippen molar-refractivity contribution < 1.29 is 9.90 Å². The van der Waals surface area contributed by atoms with E-state index in [1.54, 1.807) is 36.4 Å². The molecule has 2 aromatic rings. The highest BCUT2D eigenvalue weighted by Crippen LogP contribution is 2.31. The quantitative estimate of drug-likeness (QED) is 0.637. The number of nitrogens with zero attached hydrogens (tertiary/aromatic N) is 1. The second kappa shape index (κ2) is 5.09. The summed E-state index contributed by atoms with van der Waals surface area (Å²) in [6.07, 6.45) is 0. The lowest BCUT2D eigenvalue weighted by atomic mass is 9.98. The van der Waals surface area contributed by atoms with Gasteiger partial charge in [-0.1, -0.05) is 36.4 Å². The number of nitrogens with one attached hydrogen (secondary N) is 1. The fourth-order valence-corrected chi connectivity index (χ4v) is 1.79. The molecular formula is C13H10N2O3. The highest BCUT2D eigenvalue weighted by molar-refractivity contribution is 6.00. The van der Waals surface area contributed by atoms with Crippen LogP contribution in [0.15, 0.2) is 53.8 Å². The first-order valence-corrected chi connectivity index (χ1v) is 5.24. The minimum atomic E-state index is -1.05. The molecule has 0 unspecified atom stereocenters. The Morgan fingerprint density at radius 1 is 1.06 bits per heavy atom. The van der Waals surface area contributed by atoms with E-state index in [4.69, 9.17) is 0 Å². The zero-order valence-corrected chi connectivity index (χ0v) is 9.33. The van der Waals surface area contributed by atoms with Gasteiger partial charge in [0.25, 0.3) is 0 Å². The lowest BCUT2D eigenvalue weighted by Crippen LogP contribution is -2.02. The van der Waals surface area contributed by atoms with Crippen molar-refractivity contribution in [3.8, 4) is 11.1 Å². The van der Waals surface area contributed by atoms with Crippen LogP contribution in [0.3, 0.4) is 0 Å². The average Bonchev–Trinajstić information content (AvgIpc) is 2.40. The maximum Gasteiger partial charge on any atom is 0.336 e. The first-order valence-electron chi connectivity index (χ1n) is 5.24. The van der Waals surface area contributed by atoms with Gasteiger partial charge < -0.3 is 5.11 Å². The van der Waals surface area contributed by atoms with E-state index >= 15 is 0 Å². The summed E-state index contributed by atoms with van der Waals surface area (Å²) in [7, 11) is 0. The number of anilines is 1. The molecule has 0 radical (unpaired) electrons. The molecule has 0 amide bonds. The normalized spacial score (nSPS) is 9.78. The van der Waals surface area contributed by atoms with Crippen LogP contribution < -0.4 is 5.43 Å². The van der Waals surface area contributed by atoms with Crippen LogP contribution in [0.2, 0.25) is 0 Å². The second-order valence-electron chi connectivity index (χ2n) is 3.60. The van der Waals surface area contributed by atoms with E-state index in [2.05, 4.69) is 10.7 Å². The summed E-state index contributed by atoms with van der Waals surface area (Å²) in [5, 5.41) is 11.8. The Hall–Kier alpha value is -2.69. The fraction of sp³-hybridized carbons (Fsp3) is 0. The number of carbonyl (C=O) groups is 1. The van der Waals surface area contributed by atoms with Crippen molar-refractivity contribution in [2.24, 2.45) is 5.29 Å². The van der Waals surface area contributed by atoms with Gasteiger partial charge in [-0.05, 0) is 17.7 Å². The summed E-state index contributed by atoms with van der Waals surface area (Å²) in [5.41, 5.74) is 3.93. The third-order valence-electron chi connectivity index (χ3n) is 2.52. The molecule has 0 spiro atoms. The van der Waals surface area contributed by atoms with Gasteiger partial charge in [0.1, 0.15) is 0 Å². The van der Waals surface area contributed by atoms with Crippen molar-refractivity contribution in [1.29, 1.82) is 0 Å². The van der Waals surface area contributed by atoms with E-state index in [0.717, 1.165) is 0 Å². The number of carboxylic acid groups (broad SMARTS) is 1. The van der Waals surface area contributed by atoms with Crippen molar-refractivity contribution in [3.05, 3.63) is 59.0 Å². The number of rotatable bonds is 4. The second-order valence-corrected chi connectivity index (χ2v) is 3.60. The van der Waals surface area contributed by atoms with Crippen LogP contribution in [0.25, 0.3) is 11.1 Å². The Bertz CT molecular complexity index is 582. The smallest absolute Gasteiger partial charge is 0.336 e. The first kappa shape index (κ1) is 11.8. The van der Waals surface area contributed by atoms with E-state index in [1.165, 1.54) is 6.07 Å². The van der Waals surface area contributed by atoms with Gasteiger partial charge in [0, 0.05) is 5.56 Å². The largest absolute Gasteiger partial charge is 0.478 e. The Balaban J connectivity index is 2.68. The van der Waals surface area contributed by atoms with Gasteiger partial charge in [-0.2, -0.15) is 0 Å². The van der Waals surface area contributed by atoms with Crippen molar-refractivity contribution in [3.63, 3.8) is 0 Å². The summed E-state index contributed by atoms with van der Waals surface area (Å²) in [5.74, 6) is -1.05. The van der Waals surface area contributed by atoms with E-state index in [1.807, 2.05) is 6.07 Å². The van der Waals surface area contributed by atoms with E-state index in [0.29, 0.717) is 16.8 Å². The highest BCUT2D eigenvalue weighted by Gasteiger charge is 2.15. The molecule has 5 heteroatoms. The molecule has 0 aliphatic carbocycles. The van der Waals surface area contributed by atoms with Gasteiger partial charge in [-0.3, -0.25) is 0 Å². The maximum absolute atomic E-state index is 11.2. The van der Waals surface area contributed by atoms with Gasteiger partial charge in [0.15, 0.2) is 0 Å². The van der Waals surface area contributed by atoms with Crippen LogP contribution in [-0.2, 0) is 0 Å². The molecule has 2 N–H and O–H groups in total. The van der Waals surface area contributed by atoms with Crippen LogP contribution >= 0.6 is 0 Å².